The molecule has 0 saturated heterocycles. The van der Waals surface area contributed by atoms with Gasteiger partial charge in [-0.1, -0.05) is 17.9 Å². The summed E-state index contributed by atoms with van der Waals surface area (Å²) in [5.41, 5.74) is 1.64. The standard InChI is InChI=1S/C14H7FN2/c15-13-3-1-2-11(8-13)4-5-12-6-7-14(9-16)17-10-12/h1-3,6-8,10H. The molecule has 0 N–H and O–H groups in total. The summed E-state index contributed by atoms with van der Waals surface area (Å²) in [6, 6.07) is 11.3. The van der Waals surface area contributed by atoms with E-state index in [1.54, 1.807) is 24.3 Å². The molecule has 17 heavy (non-hydrogen) atoms. The van der Waals surface area contributed by atoms with Crippen LogP contribution in [0.3, 0.4) is 0 Å². The third-order valence-corrected chi connectivity index (χ3v) is 2.05. The van der Waals surface area contributed by atoms with Crippen molar-refractivity contribution in [1.82, 2.24) is 4.98 Å². The summed E-state index contributed by atoms with van der Waals surface area (Å²) < 4.78 is 12.9. The highest BCUT2D eigenvalue weighted by Crippen LogP contribution is 2.02. The van der Waals surface area contributed by atoms with E-state index in [4.69, 9.17) is 5.26 Å². The maximum Gasteiger partial charge on any atom is 0.140 e. The molecular weight excluding hydrogens is 215 g/mol. The molecule has 3 heteroatoms. The van der Waals surface area contributed by atoms with Gasteiger partial charge in [-0.25, -0.2) is 9.37 Å². The molecule has 2 rings (SSSR count). The highest BCUT2D eigenvalue weighted by Gasteiger charge is 1.92. The van der Waals surface area contributed by atoms with E-state index in [2.05, 4.69) is 16.8 Å². The van der Waals surface area contributed by atoms with E-state index in [-0.39, 0.29) is 5.82 Å². The molecule has 0 aliphatic heterocycles. The van der Waals surface area contributed by atoms with Crippen molar-refractivity contribution >= 4 is 0 Å². The summed E-state index contributed by atoms with van der Waals surface area (Å²) in [5.74, 6) is 5.37. The van der Waals surface area contributed by atoms with Crippen molar-refractivity contribution in [2.75, 3.05) is 0 Å². The van der Waals surface area contributed by atoms with Crippen LogP contribution >= 0.6 is 0 Å². The number of nitrogens with zero attached hydrogens (tertiary/aromatic N) is 2. The zero-order valence-electron chi connectivity index (χ0n) is 8.81. The van der Waals surface area contributed by atoms with Crippen molar-refractivity contribution in [2.24, 2.45) is 0 Å². The predicted octanol–water partition coefficient (Wildman–Crippen LogP) is 2.49. The first-order valence-corrected chi connectivity index (χ1v) is 4.92. The van der Waals surface area contributed by atoms with Crippen LogP contribution in [0, 0.1) is 29.0 Å². The largest absolute Gasteiger partial charge is 0.244 e. The van der Waals surface area contributed by atoms with Gasteiger partial charge in [-0.3, -0.25) is 0 Å². The zero-order valence-corrected chi connectivity index (χ0v) is 8.81. The molecule has 2 aromatic rings. The monoisotopic (exact) mass is 222 g/mol. The first-order chi connectivity index (χ1) is 8.28. The quantitative estimate of drug-likeness (QED) is 0.642. The number of hydrogen-bond acceptors (Lipinski definition) is 2. The van der Waals surface area contributed by atoms with Crippen molar-refractivity contribution in [3.63, 3.8) is 0 Å². The summed E-state index contributed by atoms with van der Waals surface area (Å²) in [6.45, 7) is 0. The number of benzene rings is 1. The Labute approximate surface area is 98.4 Å². The first-order valence-electron chi connectivity index (χ1n) is 4.92. The van der Waals surface area contributed by atoms with Gasteiger partial charge in [-0.2, -0.15) is 5.26 Å². The summed E-state index contributed by atoms with van der Waals surface area (Å²) >= 11 is 0. The van der Waals surface area contributed by atoms with Crippen LogP contribution in [0.15, 0.2) is 42.6 Å². The van der Waals surface area contributed by atoms with Gasteiger partial charge in [0.05, 0.1) is 0 Å². The SMILES string of the molecule is N#Cc1ccc(C#Cc2cccc(F)c2)cn1. The van der Waals surface area contributed by atoms with Crippen LogP contribution in [0.4, 0.5) is 4.39 Å². The summed E-state index contributed by atoms with van der Waals surface area (Å²) in [7, 11) is 0. The van der Waals surface area contributed by atoms with E-state index in [9.17, 15) is 4.39 Å². The molecule has 1 aromatic carbocycles. The lowest BCUT2D eigenvalue weighted by Gasteiger charge is -1.91. The maximum atomic E-state index is 12.9. The van der Waals surface area contributed by atoms with E-state index >= 15 is 0 Å². The van der Waals surface area contributed by atoms with Gasteiger partial charge in [0.1, 0.15) is 17.6 Å². The van der Waals surface area contributed by atoms with Gasteiger partial charge in [0.25, 0.3) is 0 Å². The average Bonchev–Trinajstić information content (AvgIpc) is 2.37. The molecule has 2 nitrogen and oxygen atoms in total. The Morgan fingerprint density at radius 3 is 2.53 bits per heavy atom. The summed E-state index contributed by atoms with van der Waals surface area (Å²) in [6.07, 6.45) is 1.52. The van der Waals surface area contributed by atoms with Crippen molar-refractivity contribution in [3.05, 3.63) is 65.2 Å². The van der Waals surface area contributed by atoms with Gasteiger partial charge in [0.15, 0.2) is 0 Å². The normalized spacial score (nSPS) is 8.94. The fraction of sp³-hybridized carbons (Fsp3) is 0. The molecule has 0 radical (unpaired) electrons. The summed E-state index contributed by atoms with van der Waals surface area (Å²) in [5, 5.41) is 8.58. The molecule has 0 atom stereocenters. The molecule has 0 aliphatic carbocycles. The van der Waals surface area contributed by atoms with E-state index in [0.29, 0.717) is 16.8 Å². The third kappa shape index (κ3) is 2.90. The summed E-state index contributed by atoms with van der Waals surface area (Å²) in [4.78, 5) is 3.89. The third-order valence-electron chi connectivity index (χ3n) is 2.05. The van der Waals surface area contributed by atoms with Crippen LogP contribution in [-0.4, -0.2) is 4.98 Å². The lowest BCUT2D eigenvalue weighted by Crippen LogP contribution is -1.83. The van der Waals surface area contributed by atoms with Crippen LogP contribution in [-0.2, 0) is 0 Å². The zero-order chi connectivity index (χ0) is 12.1. The van der Waals surface area contributed by atoms with Gasteiger partial charge in [0.2, 0.25) is 0 Å². The molecule has 0 fully saturated rings. The van der Waals surface area contributed by atoms with Crippen molar-refractivity contribution in [1.29, 1.82) is 5.26 Å². The number of rotatable bonds is 0. The van der Waals surface area contributed by atoms with Gasteiger partial charge in [0, 0.05) is 17.3 Å². The predicted molar refractivity (Wildman–Crippen MR) is 61.3 cm³/mol. The van der Waals surface area contributed by atoms with Crippen LogP contribution in [0.1, 0.15) is 16.8 Å². The van der Waals surface area contributed by atoms with E-state index in [1.807, 2.05) is 6.07 Å². The fourth-order valence-electron chi connectivity index (χ4n) is 1.24. The van der Waals surface area contributed by atoms with Gasteiger partial charge >= 0.3 is 0 Å². The fourth-order valence-corrected chi connectivity index (χ4v) is 1.24. The molecule has 0 amide bonds. The minimum atomic E-state index is -0.310. The molecule has 0 saturated carbocycles. The van der Waals surface area contributed by atoms with Crippen LogP contribution < -0.4 is 0 Å². The lowest BCUT2D eigenvalue weighted by molar-refractivity contribution is 0.627. The van der Waals surface area contributed by atoms with Gasteiger partial charge in [-0.05, 0) is 30.3 Å². The van der Waals surface area contributed by atoms with Crippen molar-refractivity contribution < 1.29 is 4.39 Å². The number of nitriles is 1. The number of halogens is 1. The van der Waals surface area contributed by atoms with Gasteiger partial charge in [-0.15, -0.1) is 0 Å². The Balaban J connectivity index is 2.24. The second-order valence-corrected chi connectivity index (χ2v) is 3.30. The van der Waals surface area contributed by atoms with Crippen LogP contribution in [0.5, 0.6) is 0 Å². The molecular formula is C14H7FN2. The molecule has 0 bridgehead atoms. The Morgan fingerprint density at radius 1 is 1.06 bits per heavy atom. The number of aromatic nitrogens is 1. The van der Waals surface area contributed by atoms with E-state index < -0.39 is 0 Å². The molecule has 0 spiro atoms. The smallest absolute Gasteiger partial charge is 0.140 e. The second kappa shape index (κ2) is 4.92. The highest BCUT2D eigenvalue weighted by molar-refractivity contribution is 5.42. The second-order valence-electron chi connectivity index (χ2n) is 3.30. The molecule has 1 aromatic heterocycles. The van der Waals surface area contributed by atoms with Gasteiger partial charge < -0.3 is 0 Å². The first kappa shape index (κ1) is 10.9. The Bertz CT molecular complexity index is 628. The Kier molecular flexibility index (Phi) is 3.14. The molecule has 0 unspecified atom stereocenters. The van der Waals surface area contributed by atoms with Crippen molar-refractivity contribution in [3.8, 4) is 17.9 Å². The Morgan fingerprint density at radius 2 is 1.88 bits per heavy atom. The van der Waals surface area contributed by atoms with Crippen LogP contribution in [0.2, 0.25) is 0 Å². The molecule has 0 aliphatic rings. The van der Waals surface area contributed by atoms with Crippen LogP contribution in [0.25, 0.3) is 0 Å². The number of pyridine rings is 1. The number of hydrogen-bond donors (Lipinski definition) is 0. The molecule has 1 heterocycles. The topological polar surface area (TPSA) is 36.7 Å². The minimum Gasteiger partial charge on any atom is -0.244 e. The maximum absolute atomic E-state index is 12.9. The Hall–Kier alpha value is -2.65. The van der Waals surface area contributed by atoms with E-state index in [1.165, 1.54) is 18.3 Å². The lowest BCUT2D eigenvalue weighted by atomic mass is 10.2. The average molecular weight is 222 g/mol. The highest BCUT2D eigenvalue weighted by atomic mass is 19.1. The molecule has 80 valence electrons. The van der Waals surface area contributed by atoms with Crippen molar-refractivity contribution in [2.45, 2.75) is 0 Å². The minimum absolute atomic E-state index is 0.310. The van der Waals surface area contributed by atoms with E-state index in [0.717, 1.165) is 0 Å².